The van der Waals surface area contributed by atoms with Crippen molar-refractivity contribution in [2.75, 3.05) is 11.9 Å². The number of benzene rings is 1. The van der Waals surface area contributed by atoms with E-state index >= 15 is 0 Å². The zero-order valence-corrected chi connectivity index (χ0v) is 18.8. The summed E-state index contributed by atoms with van der Waals surface area (Å²) in [6.07, 6.45) is -0.0590. The Bertz CT molecular complexity index is 689. The number of Topliss-reactive ketones (excluding diaryl/α,β-unsaturated/α-hetero) is 1. The van der Waals surface area contributed by atoms with Crippen LogP contribution in [0.5, 0.6) is 0 Å². The predicted octanol–water partition coefficient (Wildman–Crippen LogP) is 4.95. The third kappa shape index (κ3) is 4.19. The van der Waals surface area contributed by atoms with Gasteiger partial charge in [0.15, 0.2) is 11.4 Å². The largest absolute Gasteiger partial charge is 0.463 e. The Kier molecular flexibility index (Phi) is 7.96. The quantitative estimate of drug-likeness (QED) is 0.621. The molecule has 1 aromatic rings. The fraction of sp³-hybridized carbons (Fsp3) is 0.556. The molecule has 1 N–H and O–H groups in total. The number of halogens is 3. The molecule has 1 heterocycles. The van der Waals surface area contributed by atoms with Crippen molar-refractivity contribution in [3.05, 3.63) is 27.7 Å². The minimum absolute atomic E-state index is 0. The molecule has 26 heavy (non-hydrogen) atoms. The molecule has 0 aromatic heterocycles. The number of carbonyl (C=O) groups excluding carboxylic acids is 2. The fourth-order valence-electron chi connectivity index (χ4n) is 3.66. The predicted molar refractivity (Wildman–Crippen MR) is 111 cm³/mol. The van der Waals surface area contributed by atoms with Gasteiger partial charge in [-0.3, -0.25) is 9.69 Å². The molecule has 0 aliphatic carbocycles. The highest BCUT2D eigenvalue weighted by Gasteiger charge is 2.52. The van der Waals surface area contributed by atoms with Crippen LogP contribution in [0.25, 0.3) is 0 Å². The first-order valence-corrected chi connectivity index (χ1v) is 9.15. The second kappa shape index (κ2) is 8.91. The molecule has 1 atom stereocenters. The molecule has 0 fully saturated rings. The van der Waals surface area contributed by atoms with E-state index in [0.717, 1.165) is 0 Å². The van der Waals surface area contributed by atoms with Gasteiger partial charge < -0.3 is 10.1 Å². The molecular weight excluding hydrogens is 443 g/mol. The first-order chi connectivity index (χ1) is 11.6. The lowest BCUT2D eigenvalue weighted by Crippen LogP contribution is -2.67. The zero-order chi connectivity index (χ0) is 18.9. The minimum atomic E-state index is -1.30. The molecule has 0 spiro atoms. The Labute approximate surface area is 175 Å². The fourth-order valence-corrected chi connectivity index (χ4v) is 4.25. The number of fused-ring (bicyclic) bond motifs is 1. The number of rotatable bonds is 5. The average molecular weight is 468 g/mol. The summed E-state index contributed by atoms with van der Waals surface area (Å²) in [6.45, 7) is 9.89. The summed E-state index contributed by atoms with van der Waals surface area (Å²) in [7, 11) is 0. The third-order valence-corrected chi connectivity index (χ3v) is 4.77. The normalized spacial score (nSPS) is 19.2. The molecule has 0 saturated heterocycles. The molecule has 2 rings (SSSR count). The Morgan fingerprint density at radius 2 is 1.85 bits per heavy atom. The molecule has 1 unspecified atom stereocenters. The molecule has 1 aromatic carbocycles. The van der Waals surface area contributed by atoms with Gasteiger partial charge in [0.1, 0.15) is 0 Å². The van der Waals surface area contributed by atoms with Crippen molar-refractivity contribution in [2.45, 2.75) is 58.8 Å². The first-order valence-electron chi connectivity index (χ1n) is 8.40. The van der Waals surface area contributed by atoms with Crippen LogP contribution in [0.2, 0.25) is 10.0 Å². The molecule has 1 aliphatic heterocycles. The van der Waals surface area contributed by atoms with Crippen LogP contribution < -0.4 is 5.32 Å². The highest BCUT2D eigenvalue weighted by molar-refractivity contribution is 8.93. The molecule has 1 aliphatic rings. The Morgan fingerprint density at radius 1 is 1.27 bits per heavy atom. The molecule has 0 amide bonds. The van der Waals surface area contributed by atoms with Crippen molar-refractivity contribution >= 4 is 57.6 Å². The lowest BCUT2D eigenvalue weighted by molar-refractivity contribution is -0.159. The standard InChI is InChI=1S/C18H24Cl2N2O3.BrH/c1-6-25-17(24)18(22(10(2)3)11(4)5)9-15(23)16-13(20)7-12(19)8-14(16)21-18;/h7-8,10-11,21H,6,9H2,1-5H3;1H. The maximum atomic E-state index is 13.0. The lowest BCUT2D eigenvalue weighted by Gasteiger charge is -2.48. The van der Waals surface area contributed by atoms with Crippen LogP contribution in [0, 0.1) is 0 Å². The molecular formula is C18H25BrCl2N2O3. The van der Waals surface area contributed by atoms with Crippen molar-refractivity contribution in [3.63, 3.8) is 0 Å². The van der Waals surface area contributed by atoms with E-state index in [-0.39, 0.29) is 52.9 Å². The molecule has 0 radical (unpaired) electrons. The van der Waals surface area contributed by atoms with E-state index in [1.54, 1.807) is 13.0 Å². The average Bonchev–Trinajstić information content (AvgIpc) is 2.45. The summed E-state index contributed by atoms with van der Waals surface area (Å²) >= 11 is 12.3. The van der Waals surface area contributed by atoms with Crippen LogP contribution in [0.4, 0.5) is 5.69 Å². The molecule has 146 valence electrons. The Morgan fingerprint density at radius 3 is 2.35 bits per heavy atom. The molecule has 8 heteroatoms. The van der Waals surface area contributed by atoms with E-state index in [0.29, 0.717) is 16.3 Å². The maximum absolute atomic E-state index is 13.0. The van der Waals surface area contributed by atoms with Gasteiger partial charge in [-0.15, -0.1) is 17.0 Å². The van der Waals surface area contributed by atoms with Crippen molar-refractivity contribution in [1.82, 2.24) is 4.90 Å². The van der Waals surface area contributed by atoms with Crippen molar-refractivity contribution in [3.8, 4) is 0 Å². The van der Waals surface area contributed by atoms with Crippen LogP contribution in [-0.2, 0) is 9.53 Å². The van der Waals surface area contributed by atoms with Gasteiger partial charge in [0.25, 0.3) is 0 Å². The number of nitrogens with zero attached hydrogens (tertiary/aromatic N) is 1. The lowest BCUT2D eigenvalue weighted by atomic mass is 9.88. The van der Waals surface area contributed by atoms with Gasteiger partial charge in [-0.1, -0.05) is 23.2 Å². The Balaban J connectivity index is 0.00000338. The molecule has 0 saturated carbocycles. The number of ketones is 1. The van der Waals surface area contributed by atoms with Gasteiger partial charge in [-0.25, -0.2) is 4.79 Å². The van der Waals surface area contributed by atoms with Crippen LogP contribution in [0.15, 0.2) is 12.1 Å². The van der Waals surface area contributed by atoms with Gasteiger partial charge in [0.05, 0.1) is 23.6 Å². The monoisotopic (exact) mass is 466 g/mol. The summed E-state index contributed by atoms with van der Waals surface area (Å²) < 4.78 is 5.33. The van der Waals surface area contributed by atoms with Crippen molar-refractivity contribution < 1.29 is 14.3 Å². The summed E-state index contributed by atoms with van der Waals surface area (Å²) in [6, 6.07) is 3.15. The first kappa shape index (κ1) is 23.2. The van der Waals surface area contributed by atoms with Crippen LogP contribution >= 0.6 is 40.2 Å². The Hall–Kier alpha value is -0.820. The van der Waals surface area contributed by atoms with Crippen molar-refractivity contribution in [2.24, 2.45) is 0 Å². The summed E-state index contributed by atoms with van der Waals surface area (Å²) in [5.74, 6) is -0.692. The third-order valence-electron chi connectivity index (χ3n) is 4.26. The van der Waals surface area contributed by atoms with E-state index in [1.165, 1.54) is 6.07 Å². The summed E-state index contributed by atoms with van der Waals surface area (Å²) in [5.41, 5.74) is -0.484. The van der Waals surface area contributed by atoms with Gasteiger partial charge in [-0.05, 0) is 46.8 Å². The van der Waals surface area contributed by atoms with Crippen LogP contribution in [0.1, 0.15) is 51.4 Å². The molecule has 0 bridgehead atoms. The van der Waals surface area contributed by atoms with Gasteiger partial charge >= 0.3 is 5.97 Å². The van der Waals surface area contributed by atoms with Gasteiger partial charge in [0, 0.05) is 22.8 Å². The number of nitrogens with one attached hydrogen (secondary N) is 1. The summed E-state index contributed by atoms with van der Waals surface area (Å²) in [4.78, 5) is 27.8. The zero-order valence-electron chi connectivity index (χ0n) is 15.6. The minimum Gasteiger partial charge on any atom is -0.463 e. The topological polar surface area (TPSA) is 58.6 Å². The van der Waals surface area contributed by atoms with Crippen LogP contribution in [0.3, 0.4) is 0 Å². The highest BCUT2D eigenvalue weighted by Crippen LogP contribution is 2.40. The van der Waals surface area contributed by atoms with Gasteiger partial charge in [-0.2, -0.15) is 0 Å². The van der Waals surface area contributed by atoms with E-state index in [1.807, 2.05) is 32.6 Å². The number of hydrogen-bond acceptors (Lipinski definition) is 5. The second-order valence-electron chi connectivity index (χ2n) is 6.71. The number of hydrogen-bond donors (Lipinski definition) is 1. The number of ether oxygens (including phenoxy) is 1. The van der Waals surface area contributed by atoms with Crippen LogP contribution in [-0.4, -0.2) is 41.0 Å². The maximum Gasteiger partial charge on any atom is 0.347 e. The van der Waals surface area contributed by atoms with E-state index in [9.17, 15) is 9.59 Å². The number of carbonyl (C=O) groups is 2. The SMILES string of the molecule is Br.CCOC(=O)C1(N(C(C)C)C(C)C)CC(=O)c2c(Cl)cc(Cl)cc2N1. The van der Waals surface area contributed by atoms with Crippen molar-refractivity contribution in [1.29, 1.82) is 0 Å². The highest BCUT2D eigenvalue weighted by atomic mass is 79.9. The smallest absolute Gasteiger partial charge is 0.347 e. The van der Waals surface area contributed by atoms with E-state index in [2.05, 4.69) is 5.32 Å². The second-order valence-corrected chi connectivity index (χ2v) is 7.55. The summed E-state index contributed by atoms with van der Waals surface area (Å²) in [5, 5.41) is 3.90. The number of anilines is 1. The number of esters is 1. The molecule has 5 nitrogen and oxygen atoms in total. The van der Waals surface area contributed by atoms with Gasteiger partial charge in [0.2, 0.25) is 0 Å². The van der Waals surface area contributed by atoms with E-state index < -0.39 is 11.6 Å². The van der Waals surface area contributed by atoms with E-state index in [4.69, 9.17) is 27.9 Å².